The first kappa shape index (κ1) is 20.7. The van der Waals surface area contributed by atoms with Gasteiger partial charge in [0.25, 0.3) is 0 Å². The Morgan fingerprint density at radius 1 is 1.30 bits per heavy atom. The van der Waals surface area contributed by atoms with Crippen LogP contribution >= 0.6 is 15.9 Å². The number of hydrogen-bond donors (Lipinski definition) is 0. The van der Waals surface area contributed by atoms with Crippen molar-refractivity contribution in [2.24, 2.45) is 0 Å². The minimum absolute atomic E-state index is 0.133. The van der Waals surface area contributed by atoms with E-state index in [9.17, 15) is 14.9 Å². The highest BCUT2D eigenvalue weighted by molar-refractivity contribution is 9.10. The molecule has 0 saturated heterocycles. The van der Waals surface area contributed by atoms with Gasteiger partial charge in [-0.15, -0.1) is 0 Å². The Morgan fingerprint density at radius 3 is 2.63 bits per heavy atom. The summed E-state index contributed by atoms with van der Waals surface area (Å²) in [4.78, 5) is 24.4. The van der Waals surface area contributed by atoms with E-state index in [2.05, 4.69) is 27.4 Å². The Balaban J connectivity index is 2.14. The first-order valence-electron chi connectivity index (χ1n) is 8.62. The molecule has 140 valence electrons. The third-order valence-corrected chi connectivity index (χ3v) is 4.90. The summed E-state index contributed by atoms with van der Waals surface area (Å²) >= 11 is 3.29. The molecule has 6 heteroatoms. The van der Waals surface area contributed by atoms with Crippen LogP contribution in [0.1, 0.15) is 40.7 Å². The van der Waals surface area contributed by atoms with Crippen LogP contribution in [0, 0.1) is 25.2 Å². The van der Waals surface area contributed by atoms with Gasteiger partial charge in [0, 0.05) is 28.0 Å². The van der Waals surface area contributed by atoms with Crippen molar-refractivity contribution in [3.63, 3.8) is 0 Å². The van der Waals surface area contributed by atoms with E-state index in [1.54, 1.807) is 24.3 Å². The fraction of sp³-hybridized carbons (Fsp3) is 0.286. The predicted molar refractivity (Wildman–Crippen MR) is 107 cm³/mol. The highest BCUT2D eigenvalue weighted by atomic mass is 79.9. The van der Waals surface area contributed by atoms with Gasteiger partial charge in [0.15, 0.2) is 6.61 Å². The number of carbonyl (C=O) groups excluding carboxylic acids is 2. The number of benzene rings is 1. The summed E-state index contributed by atoms with van der Waals surface area (Å²) in [5, 5.41) is 9.34. The van der Waals surface area contributed by atoms with Gasteiger partial charge in [-0.05, 0) is 44.0 Å². The largest absolute Gasteiger partial charge is 0.453 e. The van der Waals surface area contributed by atoms with Crippen LogP contribution in [0.4, 0.5) is 0 Å². The molecule has 0 aliphatic carbocycles. The minimum atomic E-state index is -0.807. The number of Topliss-reactive ketones (excluding diaryl/α,β-unsaturated/α-hetero) is 1. The second-order valence-electron chi connectivity index (χ2n) is 6.13. The van der Waals surface area contributed by atoms with Gasteiger partial charge in [0.1, 0.15) is 11.6 Å². The molecule has 0 bridgehead atoms. The average Bonchev–Trinajstić information content (AvgIpc) is 2.92. The fourth-order valence-corrected chi connectivity index (χ4v) is 3.31. The third kappa shape index (κ3) is 4.95. The van der Waals surface area contributed by atoms with Gasteiger partial charge in [-0.25, -0.2) is 4.79 Å². The molecular formula is C21H21BrN2O3. The molecule has 2 rings (SSSR count). The summed E-state index contributed by atoms with van der Waals surface area (Å²) < 4.78 is 7.83. The number of ether oxygens (including phenoxy) is 1. The number of rotatable bonds is 7. The number of ketones is 1. The molecule has 5 nitrogen and oxygen atoms in total. The Labute approximate surface area is 167 Å². The maximum atomic E-state index is 12.2. The first-order chi connectivity index (χ1) is 12.9. The van der Waals surface area contributed by atoms with Crippen LogP contribution in [-0.4, -0.2) is 22.9 Å². The summed E-state index contributed by atoms with van der Waals surface area (Å²) in [6.07, 6.45) is 2.50. The maximum Gasteiger partial charge on any atom is 0.349 e. The van der Waals surface area contributed by atoms with E-state index >= 15 is 0 Å². The van der Waals surface area contributed by atoms with Gasteiger partial charge in [0.2, 0.25) is 5.78 Å². The topological polar surface area (TPSA) is 72.1 Å². The van der Waals surface area contributed by atoms with Gasteiger partial charge < -0.3 is 9.30 Å². The average molecular weight is 429 g/mol. The summed E-state index contributed by atoms with van der Waals surface area (Å²) in [5.74, 6) is -1.15. The Morgan fingerprint density at radius 2 is 2.00 bits per heavy atom. The highest BCUT2D eigenvalue weighted by Crippen LogP contribution is 2.20. The number of aromatic nitrogens is 1. The van der Waals surface area contributed by atoms with Gasteiger partial charge in [-0.1, -0.05) is 41.1 Å². The van der Waals surface area contributed by atoms with E-state index in [-0.39, 0.29) is 11.4 Å². The first-order valence-corrected chi connectivity index (χ1v) is 9.41. The molecule has 0 spiro atoms. The Hall–Kier alpha value is -2.65. The molecule has 1 heterocycles. The van der Waals surface area contributed by atoms with Crippen molar-refractivity contribution in [2.75, 3.05) is 6.61 Å². The molecule has 0 fully saturated rings. The van der Waals surface area contributed by atoms with Gasteiger partial charge >= 0.3 is 5.97 Å². The molecule has 0 N–H and O–H groups in total. The molecule has 0 aliphatic heterocycles. The number of nitrogens with zero attached hydrogens (tertiary/aromatic N) is 2. The van der Waals surface area contributed by atoms with Crippen LogP contribution in [0.3, 0.4) is 0 Å². The lowest BCUT2D eigenvalue weighted by Crippen LogP contribution is -2.15. The predicted octanol–water partition coefficient (Wildman–Crippen LogP) is 4.61. The number of halogens is 1. The molecule has 1 aromatic carbocycles. The number of nitriles is 1. The van der Waals surface area contributed by atoms with Crippen molar-refractivity contribution in [1.82, 2.24) is 4.57 Å². The lowest BCUT2D eigenvalue weighted by atomic mass is 10.1. The zero-order valence-electron chi connectivity index (χ0n) is 15.6. The second-order valence-corrected chi connectivity index (χ2v) is 6.98. The summed E-state index contributed by atoms with van der Waals surface area (Å²) in [6, 6.07) is 10.7. The van der Waals surface area contributed by atoms with Crippen LogP contribution in [0.2, 0.25) is 0 Å². The molecular weight excluding hydrogens is 408 g/mol. The summed E-state index contributed by atoms with van der Waals surface area (Å²) in [5.41, 5.74) is 3.14. The van der Waals surface area contributed by atoms with Crippen molar-refractivity contribution in [3.8, 4) is 6.07 Å². The van der Waals surface area contributed by atoms with Crippen LogP contribution in [-0.2, 0) is 16.1 Å². The smallest absolute Gasteiger partial charge is 0.349 e. The second kappa shape index (κ2) is 9.33. The molecule has 0 radical (unpaired) electrons. The van der Waals surface area contributed by atoms with Crippen molar-refractivity contribution in [2.45, 2.75) is 33.7 Å². The number of aryl methyl sites for hydroxylation is 1. The molecule has 0 saturated carbocycles. The third-order valence-electron chi connectivity index (χ3n) is 4.21. The van der Waals surface area contributed by atoms with Crippen LogP contribution in [0.5, 0.6) is 0 Å². The number of carbonyl (C=O) groups is 2. The highest BCUT2D eigenvalue weighted by Gasteiger charge is 2.17. The van der Waals surface area contributed by atoms with E-state index in [0.29, 0.717) is 10.0 Å². The van der Waals surface area contributed by atoms with Gasteiger partial charge in [0.05, 0.1) is 0 Å². The van der Waals surface area contributed by atoms with Crippen molar-refractivity contribution >= 4 is 33.8 Å². The number of esters is 1. The van der Waals surface area contributed by atoms with Crippen LogP contribution in [0.25, 0.3) is 6.08 Å². The van der Waals surface area contributed by atoms with Crippen molar-refractivity contribution in [3.05, 3.63) is 62.9 Å². The van der Waals surface area contributed by atoms with Gasteiger partial charge in [-0.2, -0.15) is 5.26 Å². The van der Waals surface area contributed by atoms with Crippen LogP contribution in [0.15, 0.2) is 40.4 Å². The molecule has 0 unspecified atom stereocenters. The van der Waals surface area contributed by atoms with Crippen molar-refractivity contribution < 1.29 is 14.3 Å². The zero-order chi connectivity index (χ0) is 20.0. The van der Waals surface area contributed by atoms with Gasteiger partial charge in [-0.3, -0.25) is 4.79 Å². The maximum absolute atomic E-state index is 12.2. The molecule has 27 heavy (non-hydrogen) atoms. The fourth-order valence-electron chi connectivity index (χ4n) is 2.81. The molecule has 0 atom stereocenters. The Kier molecular flexibility index (Phi) is 7.14. The summed E-state index contributed by atoms with van der Waals surface area (Å²) in [6.45, 7) is 6.48. The normalized spacial score (nSPS) is 11.1. The minimum Gasteiger partial charge on any atom is -0.453 e. The van der Waals surface area contributed by atoms with E-state index in [1.807, 2.05) is 26.0 Å². The van der Waals surface area contributed by atoms with E-state index in [4.69, 9.17) is 4.74 Å². The molecule has 0 amide bonds. The van der Waals surface area contributed by atoms with E-state index < -0.39 is 12.6 Å². The monoisotopic (exact) mass is 428 g/mol. The van der Waals surface area contributed by atoms with Crippen molar-refractivity contribution in [1.29, 1.82) is 5.26 Å². The lowest BCUT2D eigenvalue weighted by Gasteiger charge is -2.07. The van der Waals surface area contributed by atoms with E-state index in [0.717, 1.165) is 29.9 Å². The van der Waals surface area contributed by atoms with Crippen LogP contribution < -0.4 is 0 Å². The SMILES string of the molecule is CCCn1c(C)cc(/C=C(\C#N)C(=O)OCC(=O)c2ccccc2Br)c1C. The zero-order valence-corrected chi connectivity index (χ0v) is 17.2. The summed E-state index contributed by atoms with van der Waals surface area (Å²) in [7, 11) is 0. The molecule has 0 aliphatic rings. The van der Waals surface area contributed by atoms with E-state index in [1.165, 1.54) is 6.08 Å². The quantitative estimate of drug-likeness (QED) is 0.279. The standard InChI is InChI=1S/C21H21BrN2O3/c1-4-9-24-14(2)10-16(15(24)3)11-17(12-23)21(26)27-13-20(25)18-7-5-6-8-19(18)22/h5-8,10-11H,4,9,13H2,1-3H3/b17-11+. The molecule has 1 aromatic heterocycles. The number of hydrogen-bond acceptors (Lipinski definition) is 4. The molecule has 2 aromatic rings. The Bertz CT molecular complexity index is 935. The lowest BCUT2D eigenvalue weighted by molar-refractivity contribution is -0.137.